The van der Waals surface area contributed by atoms with Crippen LogP contribution in [0.5, 0.6) is 5.75 Å². The van der Waals surface area contributed by atoms with E-state index >= 15 is 0 Å². The number of para-hydroxylation sites is 2. The molecule has 2 N–H and O–H groups in total. The molecule has 1 unspecified atom stereocenters. The summed E-state index contributed by atoms with van der Waals surface area (Å²) in [5, 5.41) is 5.94. The minimum atomic E-state index is -0.182. The fourth-order valence-corrected chi connectivity index (χ4v) is 2.51. The van der Waals surface area contributed by atoms with Crippen molar-refractivity contribution in [3.05, 3.63) is 59.7 Å². The van der Waals surface area contributed by atoms with Crippen LogP contribution in [0.15, 0.2) is 48.5 Å². The molecule has 1 atom stereocenters. The van der Waals surface area contributed by atoms with Crippen LogP contribution in [-0.2, 0) is 4.79 Å². The van der Waals surface area contributed by atoms with Gasteiger partial charge in [-0.05, 0) is 32.0 Å². The summed E-state index contributed by atoms with van der Waals surface area (Å²) in [4.78, 5) is 23.8. The van der Waals surface area contributed by atoms with E-state index in [1.807, 2.05) is 37.3 Å². The Balaban J connectivity index is 1.98. The molecule has 0 saturated heterocycles. The van der Waals surface area contributed by atoms with Gasteiger partial charge in [-0.3, -0.25) is 9.59 Å². The Bertz CT molecular complexity index is 728. The maximum atomic E-state index is 12.2. The van der Waals surface area contributed by atoms with E-state index in [9.17, 15) is 9.59 Å². The number of hydrogen-bond donors (Lipinski definition) is 2. The van der Waals surface area contributed by atoms with Crippen LogP contribution in [0.4, 0.5) is 5.69 Å². The number of rotatable bonds is 7. The standard InChI is InChI=1S/C19H22N2O3/c1-13(15-8-5-7-11-18(15)24-3)21-19(23)12-20-17-10-6-4-9-16(17)14(2)22/h4-11,13,20H,12H2,1-3H3,(H,21,23). The molecular formula is C19H22N2O3. The topological polar surface area (TPSA) is 67.4 Å². The number of methoxy groups -OCH3 is 1. The molecule has 2 aromatic rings. The Morgan fingerprint density at radius 2 is 1.75 bits per heavy atom. The second-order valence-corrected chi connectivity index (χ2v) is 5.49. The van der Waals surface area contributed by atoms with Gasteiger partial charge in [-0.15, -0.1) is 0 Å². The molecule has 0 bridgehead atoms. The molecule has 0 aliphatic rings. The monoisotopic (exact) mass is 326 g/mol. The Labute approximate surface area is 142 Å². The van der Waals surface area contributed by atoms with Crippen LogP contribution in [0.25, 0.3) is 0 Å². The Hall–Kier alpha value is -2.82. The number of Topliss-reactive ketones (excluding diaryl/α,β-unsaturated/α-hetero) is 1. The van der Waals surface area contributed by atoms with E-state index in [-0.39, 0.29) is 24.3 Å². The van der Waals surface area contributed by atoms with Crippen LogP contribution < -0.4 is 15.4 Å². The van der Waals surface area contributed by atoms with Crippen molar-refractivity contribution in [3.63, 3.8) is 0 Å². The third-order valence-corrected chi connectivity index (χ3v) is 3.73. The van der Waals surface area contributed by atoms with E-state index in [1.54, 1.807) is 25.3 Å². The highest BCUT2D eigenvalue weighted by Crippen LogP contribution is 2.24. The third-order valence-electron chi connectivity index (χ3n) is 3.73. The lowest BCUT2D eigenvalue weighted by atomic mass is 10.1. The summed E-state index contributed by atoms with van der Waals surface area (Å²) in [6.07, 6.45) is 0. The third kappa shape index (κ3) is 4.35. The van der Waals surface area contributed by atoms with Gasteiger partial charge >= 0.3 is 0 Å². The number of amides is 1. The molecule has 126 valence electrons. The minimum absolute atomic E-state index is 0.0408. The first-order valence-corrected chi connectivity index (χ1v) is 7.79. The Kier molecular flexibility index (Phi) is 5.95. The van der Waals surface area contributed by atoms with Crippen molar-refractivity contribution in [2.24, 2.45) is 0 Å². The maximum Gasteiger partial charge on any atom is 0.239 e. The molecule has 0 aliphatic carbocycles. The van der Waals surface area contributed by atoms with Gasteiger partial charge < -0.3 is 15.4 Å². The van der Waals surface area contributed by atoms with Gasteiger partial charge in [0.05, 0.1) is 19.7 Å². The normalized spacial score (nSPS) is 11.5. The molecule has 24 heavy (non-hydrogen) atoms. The zero-order valence-electron chi connectivity index (χ0n) is 14.1. The molecular weight excluding hydrogens is 304 g/mol. The first-order valence-electron chi connectivity index (χ1n) is 7.79. The summed E-state index contributed by atoms with van der Waals surface area (Å²) in [5.74, 6) is 0.535. The number of hydrogen-bond acceptors (Lipinski definition) is 4. The number of carbonyl (C=O) groups excluding carboxylic acids is 2. The van der Waals surface area contributed by atoms with Crippen LogP contribution in [0.1, 0.15) is 35.8 Å². The highest BCUT2D eigenvalue weighted by atomic mass is 16.5. The quantitative estimate of drug-likeness (QED) is 0.767. The zero-order valence-corrected chi connectivity index (χ0v) is 14.1. The molecule has 2 aromatic carbocycles. The number of carbonyl (C=O) groups is 2. The van der Waals surface area contributed by atoms with Crippen molar-refractivity contribution >= 4 is 17.4 Å². The maximum absolute atomic E-state index is 12.2. The summed E-state index contributed by atoms with van der Waals surface area (Å²) >= 11 is 0. The molecule has 0 spiro atoms. The fraction of sp³-hybridized carbons (Fsp3) is 0.263. The molecule has 2 rings (SSSR count). The van der Waals surface area contributed by atoms with Crippen molar-refractivity contribution in [3.8, 4) is 5.75 Å². The van der Waals surface area contributed by atoms with E-state index in [2.05, 4.69) is 10.6 Å². The van der Waals surface area contributed by atoms with Gasteiger partial charge in [0, 0.05) is 16.8 Å². The molecule has 0 radical (unpaired) electrons. The molecule has 0 aromatic heterocycles. The zero-order chi connectivity index (χ0) is 17.5. The Morgan fingerprint density at radius 1 is 1.08 bits per heavy atom. The molecule has 5 nitrogen and oxygen atoms in total. The second-order valence-electron chi connectivity index (χ2n) is 5.49. The van der Waals surface area contributed by atoms with Gasteiger partial charge in [-0.25, -0.2) is 0 Å². The van der Waals surface area contributed by atoms with Crippen molar-refractivity contribution in [1.82, 2.24) is 5.32 Å². The minimum Gasteiger partial charge on any atom is -0.496 e. The molecule has 1 amide bonds. The average molecular weight is 326 g/mol. The summed E-state index contributed by atoms with van der Waals surface area (Å²) in [5.41, 5.74) is 2.14. The van der Waals surface area contributed by atoms with Gasteiger partial charge in [0.15, 0.2) is 5.78 Å². The van der Waals surface area contributed by atoms with Gasteiger partial charge in [-0.2, -0.15) is 0 Å². The molecule has 5 heteroatoms. The summed E-state index contributed by atoms with van der Waals surface area (Å²) in [6.45, 7) is 3.49. The summed E-state index contributed by atoms with van der Waals surface area (Å²) < 4.78 is 5.31. The highest BCUT2D eigenvalue weighted by Gasteiger charge is 2.14. The average Bonchev–Trinajstić information content (AvgIpc) is 2.60. The van der Waals surface area contributed by atoms with E-state index in [0.29, 0.717) is 11.3 Å². The van der Waals surface area contributed by atoms with Crippen LogP contribution in [0.2, 0.25) is 0 Å². The Morgan fingerprint density at radius 3 is 2.46 bits per heavy atom. The lowest BCUT2D eigenvalue weighted by Gasteiger charge is -2.18. The molecule has 0 aliphatic heterocycles. The van der Waals surface area contributed by atoms with Crippen molar-refractivity contribution in [2.75, 3.05) is 19.0 Å². The van der Waals surface area contributed by atoms with Crippen LogP contribution in [-0.4, -0.2) is 25.3 Å². The number of ether oxygens (including phenoxy) is 1. The van der Waals surface area contributed by atoms with E-state index in [0.717, 1.165) is 11.3 Å². The lowest BCUT2D eigenvalue weighted by molar-refractivity contribution is -0.120. The van der Waals surface area contributed by atoms with Gasteiger partial charge in [0.25, 0.3) is 0 Å². The number of ketones is 1. The highest BCUT2D eigenvalue weighted by molar-refractivity contribution is 6.00. The predicted octanol–water partition coefficient (Wildman–Crippen LogP) is 3.19. The molecule has 0 fully saturated rings. The van der Waals surface area contributed by atoms with Crippen molar-refractivity contribution in [1.29, 1.82) is 0 Å². The lowest BCUT2D eigenvalue weighted by Crippen LogP contribution is -2.32. The fourth-order valence-electron chi connectivity index (χ4n) is 2.51. The van der Waals surface area contributed by atoms with E-state index in [1.165, 1.54) is 6.92 Å². The van der Waals surface area contributed by atoms with Crippen LogP contribution in [0, 0.1) is 0 Å². The smallest absolute Gasteiger partial charge is 0.239 e. The summed E-state index contributed by atoms with van der Waals surface area (Å²) in [7, 11) is 1.60. The first-order chi connectivity index (χ1) is 11.5. The molecule has 0 heterocycles. The van der Waals surface area contributed by atoms with Crippen molar-refractivity contribution in [2.45, 2.75) is 19.9 Å². The van der Waals surface area contributed by atoms with Crippen LogP contribution in [0.3, 0.4) is 0 Å². The van der Waals surface area contributed by atoms with Gasteiger partial charge in [-0.1, -0.05) is 30.3 Å². The van der Waals surface area contributed by atoms with E-state index < -0.39 is 0 Å². The van der Waals surface area contributed by atoms with Gasteiger partial charge in [0.1, 0.15) is 5.75 Å². The van der Waals surface area contributed by atoms with E-state index in [4.69, 9.17) is 4.74 Å². The predicted molar refractivity (Wildman–Crippen MR) is 94.5 cm³/mol. The summed E-state index contributed by atoms with van der Waals surface area (Å²) in [6, 6.07) is 14.5. The van der Waals surface area contributed by atoms with Gasteiger partial charge in [0.2, 0.25) is 5.91 Å². The number of nitrogens with one attached hydrogen (secondary N) is 2. The SMILES string of the molecule is COc1ccccc1C(C)NC(=O)CNc1ccccc1C(C)=O. The van der Waals surface area contributed by atoms with Crippen molar-refractivity contribution < 1.29 is 14.3 Å². The van der Waals surface area contributed by atoms with Crippen LogP contribution >= 0.6 is 0 Å². The first kappa shape index (κ1) is 17.5. The molecule has 0 saturated carbocycles. The number of anilines is 1. The largest absolute Gasteiger partial charge is 0.496 e. The number of benzene rings is 2. The second kappa shape index (κ2) is 8.15.